The zero-order valence-corrected chi connectivity index (χ0v) is 30.5. The van der Waals surface area contributed by atoms with Gasteiger partial charge in [-0.25, -0.2) is 4.79 Å². The van der Waals surface area contributed by atoms with E-state index in [0.717, 1.165) is 64.2 Å². The maximum Gasteiger partial charge on any atom is 0.328 e. The fourth-order valence-corrected chi connectivity index (χ4v) is 5.43. The second kappa shape index (κ2) is 34.2. The van der Waals surface area contributed by atoms with Gasteiger partial charge in [0.15, 0.2) is 0 Å². The van der Waals surface area contributed by atoms with Crippen LogP contribution in [0, 0.1) is 0 Å². The normalized spacial score (nSPS) is 12.7. The summed E-state index contributed by atoms with van der Waals surface area (Å²) in [5.74, 6) is -2.35. The summed E-state index contributed by atoms with van der Waals surface area (Å²) in [5, 5.41) is 22.4. The molecule has 0 aromatic carbocycles. The van der Waals surface area contributed by atoms with E-state index in [9.17, 15) is 19.2 Å². The van der Waals surface area contributed by atoms with Crippen molar-refractivity contribution in [1.29, 1.82) is 0 Å². The molecule has 0 bridgehead atoms. The van der Waals surface area contributed by atoms with Crippen LogP contribution in [0.5, 0.6) is 0 Å². The Morgan fingerprint density at radius 3 is 1.77 bits per heavy atom. The summed E-state index contributed by atoms with van der Waals surface area (Å²) in [6.07, 6.45) is 35.1. The second-order valence-electron chi connectivity index (χ2n) is 13.0. The number of aliphatic carboxylic acids is 1. The molecule has 0 heterocycles. The molecule has 0 aromatic rings. The fourth-order valence-electron chi connectivity index (χ4n) is 5.43. The van der Waals surface area contributed by atoms with Crippen molar-refractivity contribution in [2.75, 3.05) is 13.2 Å². The Morgan fingerprint density at radius 1 is 0.646 bits per heavy atom. The zero-order chi connectivity index (χ0) is 35.5. The highest BCUT2D eigenvalue weighted by Crippen LogP contribution is 2.15. The SMILES string of the molecule is CCCCCC/C=C\C/C=C\C(CCCCCCCCC(=O)NCC(=O)NC(CO)C(=O)O)OC(=O)CCCCCCCCCCCC. The molecular formula is C39H70N2O7. The number of amides is 2. The van der Waals surface area contributed by atoms with E-state index in [1.165, 1.54) is 77.0 Å². The Morgan fingerprint density at radius 2 is 1.19 bits per heavy atom. The Bertz CT molecular complexity index is 874. The van der Waals surface area contributed by atoms with Gasteiger partial charge in [-0.15, -0.1) is 0 Å². The van der Waals surface area contributed by atoms with Crippen LogP contribution in [0.1, 0.15) is 174 Å². The van der Waals surface area contributed by atoms with E-state index < -0.39 is 24.5 Å². The van der Waals surface area contributed by atoms with Crippen molar-refractivity contribution in [1.82, 2.24) is 10.6 Å². The van der Waals surface area contributed by atoms with Gasteiger partial charge in [0.2, 0.25) is 11.8 Å². The van der Waals surface area contributed by atoms with Gasteiger partial charge >= 0.3 is 11.9 Å². The first-order valence-corrected chi connectivity index (χ1v) is 19.2. The molecule has 0 aliphatic carbocycles. The first kappa shape index (κ1) is 45.3. The first-order chi connectivity index (χ1) is 23.3. The second-order valence-corrected chi connectivity index (χ2v) is 13.0. The Kier molecular flexibility index (Phi) is 32.3. The van der Waals surface area contributed by atoms with Crippen LogP contribution < -0.4 is 10.6 Å². The van der Waals surface area contributed by atoms with Crippen LogP contribution in [-0.2, 0) is 23.9 Å². The number of carboxylic acids is 1. The molecule has 9 heteroatoms. The van der Waals surface area contributed by atoms with Gasteiger partial charge in [0.25, 0.3) is 0 Å². The average molecular weight is 679 g/mol. The molecule has 4 N–H and O–H groups in total. The number of carbonyl (C=O) groups is 4. The fraction of sp³-hybridized carbons (Fsp3) is 0.795. The Balaban J connectivity index is 4.31. The number of hydrogen-bond acceptors (Lipinski definition) is 6. The number of aliphatic hydroxyl groups excluding tert-OH is 1. The van der Waals surface area contributed by atoms with Gasteiger partial charge in [-0.2, -0.15) is 0 Å². The maximum absolute atomic E-state index is 12.6. The van der Waals surface area contributed by atoms with E-state index in [1.807, 2.05) is 0 Å². The van der Waals surface area contributed by atoms with Gasteiger partial charge in [-0.1, -0.05) is 135 Å². The summed E-state index contributed by atoms with van der Waals surface area (Å²) >= 11 is 0. The summed E-state index contributed by atoms with van der Waals surface area (Å²) in [6.45, 7) is 3.43. The molecule has 0 aliphatic rings. The summed E-state index contributed by atoms with van der Waals surface area (Å²) in [5.41, 5.74) is 0. The largest absolute Gasteiger partial charge is 0.480 e. The molecule has 2 amide bonds. The van der Waals surface area contributed by atoms with Crippen molar-refractivity contribution in [2.45, 2.75) is 187 Å². The summed E-state index contributed by atoms with van der Waals surface area (Å²) in [6, 6.07) is -1.38. The molecule has 0 aromatic heterocycles. The smallest absolute Gasteiger partial charge is 0.328 e. The predicted octanol–water partition coefficient (Wildman–Crippen LogP) is 8.48. The summed E-state index contributed by atoms with van der Waals surface area (Å²) in [7, 11) is 0. The molecular weight excluding hydrogens is 608 g/mol. The van der Waals surface area contributed by atoms with Crippen molar-refractivity contribution in [3.05, 3.63) is 24.3 Å². The van der Waals surface area contributed by atoms with Gasteiger partial charge in [0, 0.05) is 12.8 Å². The number of nitrogens with one attached hydrogen (secondary N) is 2. The minimum Gasteiger partial charge on any atom is -0.480 e. The van der Waals surface area contributed by atoms with E-state index in [-0.39, 0.29) is 24.5 Å². The van der Waals surface area contributed by atoms with Crippen LogP contribution in [0.2, 0.25) is 0 Å². The van der Waals surface area contributed by atoms with E-state index in [4.69, 9.17) is 14.9 Å². The predicted molar refractivity (Wildman–Crippen MR) is 195 cm³/mol. The lowest BCUT2D eigenvalue weighted by Gasteiger charge is -2.15. The van der Waals surface area contributed by atoms with Crippen molar-refractivity contribution in [3.8, 4) is 0 Å². The molecule has 9 nitrogen and oxygen atoms in total. The van der Waals surface area contributed by atoms with Crippen LogP contribution >= 0.6 is 0 Å². The zero-order valence-electron chi connectivity index (χ0n) is 30.5. The van der Waals surface area contributed by atoms with E-state index in [0.29, 0.717) is 19.3 Å². The molecule has 0 saturated carbocycles. The summed E-state index contributed by atoms with van der Waals surface area (Å²) < 4.78 is 5.89. The maximum atomic E-state index is 12.6. The van der Waals surface area contributed by atoms with E-state index >= 15 is 0 Å². The number of carbonyl (C=O) groups excluding carboxylic acids is 3. The lowest BCUT2D eigenvalue weighted by Crippen LogP contribution is -2.47. The lowest BCUT2D eigenvalue weighted by molar-refractivity contribution is -0.147. The highest BCUT2D eigenvalue weighted by atomic mass is 16.5. The Labute approximate surface area is 292 Å². The lowest BCUT2D eigenvalue weighted by atomic mass is 10.0. The molecule has 0 fully saturated rings. The van der Waals surface area contributed by atoms with Crippen LogP contribution in [-0.4, -0.2) is 59.3 Å². The number of carboxylic acid groups (broad SMARTS) is 1. The molecule has 0 saturated heterocycles. The van der Waals surface area contributed by atoms with Gasteiger partial charge in [0.1, 0.15) is 12.1 Å². The van der Waals surface area contributed by atoms with Crippen molar-refractivity contribution in [2.24, 2.45) is 0 Å². The molecule has 0 aliphatic heterocycles. The average Bonchev–Trinajstić information content (AvgIpc) is 3.07. The molecule has 278 valence electrons. The van der Waals surface area contributed by atoms with E-state index in [2.05, 4.69) is 48.8 Å². The van der Waals surface area contributed by atoms with Crippen LogP contribution in [0.15, 0.2) is 24.3 Å². The third-order valence-electron chi connectivity index (χ3n) is 8.44. The van der Waals surface area contributed by atoms with Gasteiger partial charge in [-0.05, 0) is 51.0 Å². The highest BCUT2D eigenvalue weighted by Gasteiger charge is 2.18. The highest BCUT2D eigenvalue weighted by molar-refractivity contribution is 5.87. The molecule has 0 radical (unpaired) electrons. The number of allylic oxidation sites excluding steroid dienone is 3. The molecule has 48 heavy (non-hydrogen) atoms. The van der Waals surface area contributed by atoms with Gasteiger partial charge < -0.3 is 25.6 Å². The van der Waals surface area contributed by atoms with Crippen LogP contribution in [0.4, 0.5) is 0 Å². The van der Waals surface area contributed by atoms with Crippen LogP contribution in [0.3, 0.4) is 0 Å². The number of esters is 1. The minimum atomic E-state index is -1.38. The third kappa shape index (κ3) is 30.6. The third-order valence-corrected chi connectivity index (χ3v) is 8.44. The van der Waals surface area contributed by atoms with Crippen molar-refractivity contribution < 1.29 is 34.1 Å². The summed E-state index contributed by atoms with van der Waals surface area (Å²) in [4.78, 5) is 47.2. The Hall–Kier alpha value is -2.68. The molecule has 2 unspecified atom stereocenters. The number of unbranched alkanes of at least 4 members (excludes halogenated alkanes) is 18. The van der Waals surface area contributed by atoms with Crippen molar-refractivity contribution >= 4 is 23.8 Å². The number of ether oxygens (including phenoxy) is 1. The van der Waals surface area contributed by atoms with Gasteiger partial charge in [0.05, 0.1) is 13.2 Å². The number of rotatable bonds is 34. The van der Waals surface area contributed by atoms with Crippen LogP contribution in [0.25, 0.3) is 0 Å². The van der Waals surface area contributed by atoms with Gasteiger partial charge in [-0.3, -0.25) is 14.4 Å². The standard InChI is InChI=1S/C39H70N2O7/c1-3-5-7-9-11-13-15-17-23-27-31-38(45)48-34(28-24-20-16-14-12-10-8-6-4-2)29-25-21-18-19-22-26-30-36(43)40-32-37(44)41-35(33-42)39(46)47/h14,16,24,28,34-35,42H,3-13,15,17-23,25-27,29-33H2,1-2H3,(H,40,43)(H,41,44)(H,46,47)/b16-14-,28-24-. The number of hydrogen-bond donors (Lipinski definition) is 4. The molecule has 2 atom stereocenters. The monoisotopic (exact) mass is 679 g/mol. The topological polar surface area (TPSA) is 142 Å². The minimum absolute atomic E-state index is 0.0958. The number of aliphatic hydroxyl groups is 1. The first-order valence-electron chi connectivity index (χ1n) is 19.2. The molecule has 0 spiro atoms. The van der Waals surface area contributed by atoms with E-state index in [1.54, 1.807) is 0 Å². The van der Waals surface area contributed by atoms with Crippen molar-refractivity contribution in [3.63, 3.8) is 0 Å². The molecule has 0 rings (SSSR count). The quantitative estimate of drug-likeness (QED) is 0.0304.